The Morgan fingerprint density at radius 1 is 1.33 bits per heavy atom. The van der Waals surface area contributed by atoms with E-state index in [0.717, 1.165) is 38.6 Å². The molecule has 0 fully saturated rings. The summed E-state index contributed by atoms with van der Waals surface area (Å²) in [7, 11) is 3.49. The number of rotatable bonds is 8. The van der Waals surface area contributed by atoms with Gasteiger partial charge in [-0.3, -0.25) is 0 Å². The minimum Gasteiger partial charge on any atom is -0.358 e. The summed E-state index contributed by atoms with van der Waals surface area (Å²) >= 11 is 0. The molecule has 0 bridgehead atoms. The highest BCUT2D eigenvalue weighted by molar-refractivity contribution is 5.53. The average molecular weight is 255 g/mol. The summed E-state index contributed by atoms with van der Waals surface area (Å²) in [6, 6.07) is 0. The predicted molar refractivity (Wildman–Crippen MR) is 70.8 cm³/mol. The Kier molecular flexibility index (Phi) is 5.57. The van der Waals surface area contributed by atoms with Crippen molar-refractivity contribution in [3.8, 4) is 0 Å². The van der Waals surface area contributed by atoms with Crippen molar-refractivity contribution in [1.29, 1.82) is 0 Å². The van der Waals surface area contributed by atoms with E-state index in [9.17, 15) is 10.1 Å². The lowest BCUT2D eigenvalue weighted by Crippen LogP contribution is -2.11. The maximum atomic E-state index is 10.8. The number of H-pyrrole nitrogens is 1. The fourth-order valence-electron chi connectivity index (χ4n) is 1.75. The zero-order valence-corrected chi connectivity index (χ0v) is 11.0. The number of aromatic amines is 1. The van der Waals surface area contributed by atoms with E-state index >= 15 is 0 Å². The summed E-state index contributed by atoms with van der Waals surface area (Å²) in [5.41, 5.74) is 5.41. The van der Waals surface area contributed by atoms with Crippen molar-refractivity contribution in [1.82, 2.24) is 9.97 Å². The fourth-order valence-corrected chi connectivity index (χ4v) is 1.75. The number of nitro groups is 1. The molecule has 18 heavy (non-hydrogen) atoms. The van der Waals surface area contributed by atoms with Crippen LogP contribution in [0.1, 0.15) is 31.5 Å². The molecule has 1 heterocycles. The van der Waals surface area contributed by atoms with Gasteiger partial charge in [-0.25, -0.2) is 4.98 Å². The van der Waals surface area contributed by atoms with Gasteiger partial charge >= 0.3 is 5.82 Å². The summed E-state index contributed by atoms with van der Waals surface area (Å²) in [6.07, 6.45) is 4.90. The van der Waals surface area contributed by atoms with E-state index in [1.165, 1.54) is 0 Å². The minimum absolute atomic E-state index is 0.0306. The molecule has 0 aromatic carbocycles. The van der Waals surface area contributed by atoms with Gasteiger partial charge in [-0.15, -0.1) is 0 Å². The van der Waals surface area contributed by atoms with E-state index in [1.807, 2.05) is 0 Å². The second kappa shape index (κ2) is 6.95. The number of unbranched alkanes of at least 4 members (excludes halogenated alkanes) is 3. The first-order valence-electron chi connectivity index (χ1n) is 6.17. The smallest absolute Gasteiger partial charge is 0.358 e. The van der Waals surface area contributed by atoms with Gasteiger partial charge in [0.25, 0.3) is 0 Å². The van der Waals surface area contributed by atoms with Gasteiger partial charge in [-0.1, -0.05) is 12.8 Å². The summed E-state index contributed by atoms with van der Waals surface area (Å²) in [6.45, 7) is 0.719. The van der Waals surface area contributed by atoms with Gasteiger partial charge in [0.2, 0.25) is 5.82 Å². The molecule has 0 unspecified atom stereocenters. The lowest BCUT2D eigenvalue weighted by molar-refractivity contribution is -0.388. The van der Waals surface area contributed by atoms with Crippen LogP contribution < -0.4 is 10.6 Å². The Bertz CT molecular complexity index is 389. The topological polar surface area (TPSA) is 101 Å². The van der Waals surface area contributed by atoms with Crippen LogP contribution in [0.3, 0.4) is 0 Å². The zero-order valence-electron chi connectivity index (χ0n) is 11.0. The van der Waals surface area contributed by atoms with Crippen molar-refractivity contribution < 1.29 is 4.92 Å². The molecule has 3 N–H and O–H groups in total. The predicted octanol–water partition coefficient (Wildman–Crippen LogP) is 1.45. The molecular formula is C11H21N5O2. The van der Waals surface area contributed by atoms with Gasteiger partial charge in [0.15, 0.2) is 5.82 Å². The molecule has 0 saturated heterocycles. The minimum atomic E-state index is -0.430. The van der Waals surface area contributed by atoms with E-state index in [1.54, 1.807) is 19.0 Å². The molecule has 0 amide bonds. The molecule has 0 radical (unpaired) electrons. The standard InChI is InChI=1S/C11H21N5O2/c1-15(2)10-11(16(17)18)14-9(13-10)7-5-3-4-6-8-12/h3-8,12H2,1-2H3,(H,13,14). The number of nitrogens with two attached hydrogens (primary N) is 1. The highest BCUT2D eigenvalue weighted by atomic mass is 16.6. The van der Waals surface area contributed by atoms with Crippen LogP contribution >= 0.6 is 0 Å². The zero-order chi connectivity index (χ0) is 13.5. The van der Waals surface area contributed by atoms with Crippen molar-refractivity contribution in [2.75, 3.05) is 25.5 Å². The average Bonchev–Trinajstić information content (AvgIpc) is 2.73. The van der Waals surface area contributed by atoms with Gasteiger partial charge in [0.05, 0.1) is 0 Å². The van der Waals surface area contributed by atoms with Crippen LogP contribution in [-0.2, 0) is 6.42 Å². The molecule has 7 heteroatoms. The van der Waals surface area contributed by atoms with Gasteiger partial charge in [0, 0.05) is 20.5 Å². The molecule has 0 aliphatic heterocycles. The fraction of sp³-hybridized carbons (Fsp3) is 0.727. The van der Waals surface area contributed by atoms with E-state index in [0.29, 0.717) is 11.6 Å². The lowest BCUT2D eigenvalue weighted by atomic mass is 10.1. The third-order valence-electron chi connectivity index (χ3n) is 2.69. The van der Waals surface area contributed by atoms with E-state index in [2.05, 4.69) is 9.97 Å². The number of anilines is 1. The largest absolute Gasteiger partial charge is 0.365 e. The molecule has 0 atom stereocenters. The summed E-state index contributed by atoms with van der Waals surface area (Å²) in [4.78, 5) is 19.1. The first-order valence-corrected chi connectivity index (χ1v) is 6.17. The Hall–Kier alpha value is -1.63. The van der Waals surface area contributed by atoms with Crippen LogP contribution in [0.5, 0.6) is 0 Å². The quantitative estimate of drug-likeness (QED) is 0.416. The molecule has 1 aromatic rings. The number of hydrogen-bond acceptors (Lipinski definition) is 5. The molecule has 7 nitrogen and oxygen atoms in total. The van der Waals surface area contributed by atoms with Crippen molar-refractivity contribution in [2.45, 2.75) is 32.1 Å². The van der Waals surface area contributed by atoms with Crippen LogP contribution in [0.25, 0.3) is 0 Å². The molecule has 0 spiro atoms. The summed E-state index contributed by atoms with van der Waals surface area (Å²) < 4.78 is 0. The maximum absolute atomic E-state index is 10.8. The Morgan fingerprint density at radius 2 is 2.00 bits per heavy atom. The normalized spacial score (nSPS) is 10.6. The van der Waals surface area contributed by atoms with Crippen LogP contribution in [0, 0.1) is 10.1 Å². The number of hydrogen-bond donors (Lipinski definition) is 2. The number of aromatic nitrogens is 2. The molecule has 0 aliphatic rings. The highest BCUT2D eigenvalue weighted by Gasteiger charge is 2.20. The molecule has 1 aromatic heterocycles. The van der Waals surface area contributed by atoms with Crippen LogP contribution in [0.2, 0.25) is 0 Å². The van der Waals surface area contributed by atoms with E-state index < -0.39 is 4.92 Å². The molecule has 0 aliphatic carbocycles. The Labute approximate surface area is 107 Å². The van der Waals surface area contributed by atoms with Crippen LogP contribution in [0.4, 0.5) is 11.6 Å². The van der Waals surface area contributed by atoms with Crippen molar-refractivity contribution >= 4 is 11.6 Å². The number of nitrogens with one attached hydrogen (secondary N) is 1. The third kappa shape index (κ3) is 3.99. The summed E-state index contributed by atoms with van der Waals surface area (Å²) in [5, 5.41) is 10.8. The van der Waals surface area contributed by atoms with Crippen LogP contribution in [0.15, 0.2) is 0 Å². The van der Waals surface area contributed by atoms with Crippen molar-refractivity contribution in [3.05, 3.63) is 15.9 Å². The monoisotopic (exact) mass is 255 g/mol. The van der Waals surface area contributed by atoms with Crippen molar-refractivity contribution in [2.24, 2.45) is 5.73 Å². The van der Waals surface area contributed by atoms with E-state index in [4.69, 9.17) is 5.73 Å². The Morgan fingerprint density at radius 3 is 2.50 bits per heavy atom. The first kappa shape index (κ1) is 14.4. The van der Waals surface area contributed by atoms with Gasteiger partial charge in [0.1, 0.15) is 0 Å². The van der Waals surface area contributed by atoms with E-state index in [-0.39, 0.29) is 5.82 Å². The maximum Gasteiger partial charge on any atom is 0.365 e. The van der Waals surface area contributed by atoms with Gasteiger partial charge < -0.3 is 20.7 Å². The lowest BCUT2D eigenvalue weighted by Gasteiger charge is -2.06. The highest BCUT2D eigenvalue weighted by Crippen LogP contribution is 2.23. The number of aryl methyl sites for hydroxylation is 1. The van der Waals surface area contributed by atoms with Crippen molar-refractivity contribution in [3.63, 3.8) is 0 Å². The summed E-state index contributed by atoms with van der Waals surface area (Å²) in [5.74, 6) is 1.03. The first-order chi connectivity index (χ1) is 8.56. The third-order valence-corrected chi connectivity index (χ3v) is 2.69. The molecule has 1 rings (SSSR count). The molecule has 102 valence electrons. The van der Waals surface area contributed by atoms with Crippen LogP contribution in [-0.4, -0.2) is 35.5 Å². The SMILES string of the molecule is CN(C)c1nc(CCCCCCN)[nH]c1[N+](=O)[O-]. The van der Waals surface area contributed by atoms with Gasteiger partial charge in [-0.2, -0.15) is 4.98 Å². The second-order valence-corrected chi connectivity index (χ2v) is 4.46. The number of imidazole rings is 1. The Balaban J connectivity index is 2.56. The van der Waals surface area contributed by atoms with Gasteiger partial charge in [-0.05, 0) is 24.3 Å². The molecular weight excluding hydrogens is 234 g/mol. The second-order valence-electron chi connectivity index (χ2n) is 4.46. The molecule has 0 saturated carbocycles. The number of nitrogens with zero attached hydrogens (tertiary/aromatic N) is 3.